The number of aromatic amines is 1. The lowest BCUT2D eigenvalue weighted by Crippen LogP contribution is -2.58. The van der Waals surface area contributed by atoms with Crippen LogP contribution in [0.2, 0.25) is 0 Å². The molecule has 7 atom stereocenters. The lowest BCUT2D eigenvalue weighted by atomic mass is 10.0. The van der Waals surface area contributed by atoms with Crippen molar-refractivity contribution < 1.29 is 38.5 Å². The van der Waals surface area contributed by atoms with E-state index >= 15 is 0 Å². The van der Waals surface area contributed by atoms with Crippen molar-refractivity contribution in [2.75, 3.05) is 6.54 Å². The van der Waals surface area contributed by atoms with Gasteiger partial charge in [-0.2, -0.15) is 0 Å². The number of fused-ring (bicyclic) bond motifs is 4. The minimum absolute atomic E-state index is 0.0393. The molecule has 0 spiro atoms. The highest BCUT2D eigenvalue weighted by atomic mass is 16.8. The smallest absolute Gasteiger partial charge is 0.252 e. The van der Waals surface area contributed by atoms with Crippen molar-refractivity contribution in [1.29, 1.82) is 0 Å². The summed E-state index contributed by atoms with van der Waals surface area (Å²) in [5.74, 6) is -3.35. The molecular formula is C34H42N6O8. The largest absolute Gasteiger partial charge is 0.508 e. The van der Waals surface area contributed by atoms with E-state index in [2.05, 4.69) is 26.3 Å². The molecular weight excluding hydrogens is 620 g/mol. The highest BCUT2D eigenvalue weighted by Crippen LogP contribution is 2.37. The maximum atomic E-state index is 14.1. The Morgan fingerprint density at radius 2 is 1.46 bits per heavy atom. The third-order valence-corrected chi connectivity index (χ3v) is 8.94. The Hall–Kier alpha value is -4.50. The molecule has 2 aromatic carbocycles. The van der Waals surface area contributed by atoms with Crippen LogP contribution in [0, 0.1) is 0 Å². The van der Waals surface area contributed by atoms with Gasteiger partial charge in [0.15, 0.2) is 18.2 Å². The Morgan fingerprint density at radius 3 is 2.21 bits per heavy atom. The van der Waals surface area contributed by atoms with Gasteiger partial charge in [0, 0.05) is 29.9 Å². The summed E-state index contributed by atoms with van der Waals surface area (Å²) >= 11 is 0. The van der Waals surface area contributed by atoms with Gasteiger partial charge in [-0.1, -0.05) is 30.3 Å². The number of aromatic hydroxyl groups is 1. The van der Waals surface area contributed by atoms with Crippen LogP contribution in [0.5, 0.6) is 5.75 Å². The van der Waals surface area contributed by atoms with Crippen LogP contribution in [-0.4, -0.2) is 88.7 Å². The van der Waals surface area contributed by atoms with E-state index in [0.29, 0.717) is 24.9 Å². The number of hydrogen-bond acceptors (Lipinski definition) is 9. The van der Waals surface area contributed by atoms with Crippen LogP contribution in [0.3, 0.4) is 0 Å². The lowest BCUT2D eigenvalue weighted by molar-refractivity contribution is -0.208. The van der Waals surface area contributed by atoms with Crippen LogP contribution in [-0.2, 0) is 46.2 Å². The number of carbonyl (C=O) groups excluding carboxylic acids is 4. The molecule has 48 heavy (non-hydrogen) atoms. The third kappa shape index (κ3) is 7.31. The number of phenolic OH excluding ortho intramolecular Hbond substituents is 1. The van der Waals surface area contributed by atoms with Crippen LogP contribution in [0.4, 0.5) is 0 Å². The molecule has 3 saturated heterocycles. The van der Waals surface area contributed by atoms with Crippen LogP contribution in [0.25, 0.3) is 10.9 Å². The first kappa shape index (κ1) is 33.4. The number of aromatic nitrogens is 1. The van der Waals surface area contributed by atoms with E-state index in [9.17, 15) is 24.3 Å². The molecule has 0 radical (unpaired) electrons. The standard InChI is InChI=1S/C34H42N6O8/c1-34(2)47-28-26-27(46-33(28)48-34)32(45)39-24(15-18-10-12-20(41)13-11-18)30(43)38-25(16-19-17-36-22-8-4-3-7-21(19)22)31(44)37-23(29(42)40-26)9-5-6-14-35/h3-4,7-8,10-13,17,23-28,33,36,41H,5-6,9,14-16,35H2,1-2H3,(H,37,44)(H,38,43)(H,39,45)(H,40,42)/t23?,24?,25?,26-,27+,28?,33-/m1/s1. The second-order valence-corrected chi connectivity index (χ2v) is 13.0. The van der Waals surface area contributed by atoms with E-state index in [1.165, 1.54) is 12.1 Å². The summed E-state index contributed by atoms with van der Waals surface area (Å²) in [6.45, 7) is 3.81. The first-order valence-electron chi connectivity index (χ1n) is 16.3. The number of hydrogen-bond donors (Lipinski definition) is 7. The van der Waals surface area contributed by atoms with Gasteiger partial charge in [0.1, 0.15) is 30.0 Å². The fraction of sp³-hybridized carbons (Fsp3) is 0.471. The van der Waals surface area contributed by atoms with Crippen molar-refractivity contribution in [2.24, 2.45) is 5.73 Å². The lowest BCUT2D eigenvalue weighted by Gasteiger charge is -2.28. The van der Waals surface area contributed by atoms with Crippen molar-refractivity contribution in [3.05, 3.63) is 65.9 Å². The van der Waals surface area contributed by atoms with Crippen LogP contribution in [0.1, 0.15) is 44.2 Å². The molecule has 4 amide bonds. The molecule has 8 N–H and O–H groups in total. The number of nitrogens with two attached hydrogens (primary N) is 1. The van der Waals surface area contributed by atoms with Crippen LogP contribution in [0.15, 0.2) is 54.7 Å². The Morgan fingerprint density at radius 1 is 0.792 bits per heavy atom. The second-order valence-electron chi connectivity index (χ2n) is 13.0. The number of benzene rings is 2. The Labute approximate surface area is 277 Å². The van der Waals surface area contributed by atoms with Gasteiger partial charge in [0.25, 0.3) is 5.91 Å². The molecule has 3 fully saturated rings. The summed E-state index contributed by atoms with van der Waals surface area (Å²) in [4.78, 5) is 59.1. The zero-order chi connectivity index (χ0) is 34.0. The molecule has 14 nitrogen and oxygen atoms in total. The molecule has 0 bridgehead atoms. The van der Waals surface area contributed by atoms with Crippen molar-refractivity contribution in [3.8, 4) is 5.75 Å². The van der Waals surface area contributed by atoms with Crippen molar-refractivity contribution in [1.82, 2.24) is 26.3 Å². The van der Waals surface area contributed by atoms with Gasteiger partial charge in [-0.05, 0) is 69.0 Å². The molecule has 1 aromatic heterocycles. The summed E-state index contributed by atoms with van der Waals surface area (Å²) in [5, 5.41) is 22.1. The molecule has 4 heterocycles. The monoisotopic (exact) mass is 662 g/mol. The highest BCUT2D eigenvalue weighted by Gasteiger charge is 2.57. The number of unbranched alkanes of at least 4 members (excludes halogenated alkanes) is 1. The van der Waals surface area contributed by atoms with Gasteiger partial charge in [-0.3, -0.25) is 19.2 Å². The maximum Gasteiger partial charge on any atom is 0.252 e. The molecule has 0 aliphatic carbocycles. The average Bonchev–Trinajstić information content (AvgIpc) is 3.70. The quantitative estimate of drug-likeness (QED) is 0.169. The number of H-pyrrole nitrogens is 1. The predicted octanol–water partition coefficient (Wildman–Crippen LogP) is 0.617. The topological polar surface area (TPSA) is 206 Å². The number of carbonyl (C=O) groups is 4. The first-order chi connectivity index (χ1) is 23.0. The number of nitrogens with one attached hydrogen (secondary N) is 5. The van der Waals surface area contributed by atoms with Gasteiger partial charge >= 0.3 is 0 Å². The fourth-order valence-corrected chi connectivity index (χ4v) is 6.52. The zero-order valence-corrected chi connectivity index (χ0v) is 26.9. The number of amides is 4. The summed E-state index contributed by atoms with van der Waals surface area (Å²) in [7, 11) is 0. The van der Waals surface area contributed by atoms with Crippen molar-refractivity contribution in [3.63, 3.8) is 0 Å². The summed E-state index contributed by atoms with van der Waals surface area (Å²) in [6, 6.07) is 9.60. The molecule has 14 heteroatoms. The predicted molar refractivity (Wildman–Crippen MR) is 173 cm³/mol. The van der Waals surface area contributed by atoms with E-state index in [4.69, 9.17) is 19.9 Å². The average molecular weight is 663 g/mol. The molecule has 3 aromatic rings. The molecule has 3 aliphatic heterocycles. The SMILES string of the molecule is CC1(C)OC2[C@H](O[C@@H]3C(=O)NC(Cc4ccc(O)cc4)C(=O)NC(Cc4c[nH]c5ccccc45)C(=O)NC(CCCCN)C(=O)N[C@@H]23)O1. The first-order valence-corrected chi connectivity index (χ1v) is 16.3. The number of para-hydroxylation sites is 1. The molecule has 0 saturated carbocycles. The van der Waals surface area contributed by atoms with E-state index in [1.54, 1.807) is 32.2 Å². The second kappa shape index (κ2) is 13.9. The summed E-state index contributed by atoms with van der Waals surface area (Å²) < 4.78 is 17.9. The molecule has 4 unspecified atom stereocenters. The Kier molecular flexibility index (Phi) is 9.69. The normalized spacial score (nSPS) is 29.0. The number of ether oxygens (including phenoxy) is 3. The van der Waals surface area contributed by atoms with Crippen molar-refractivity contribution >= 4 is 34.5 Å². The summed E-state index contributed by atoms with van der Waals surface area (Å²) in [6.07, 6.45) is 0.328. The Bertz CT molecular complexity index is 1660. The van der Waals surface area contributed by atoms with Gasteiger partial charge < -0.3 is 51.3 Å². The molecule has 3 aliphatic rings. The van der Waals surface area contributed by atoms with Gasteiger partial charge in [-0.15, -0.1) is 0 Å². The Balaban J connectivity index is 1.36. The van der Waals surface area contributed by atoms with Crippen LogP contribution >= 0.6 is 0 Å². The highest BCUT2D eigenvalue weighted by molar-refractivity contribution is 5.96. The van der Waals surface area contributed by atoms with E-state index in [1.807, 2.05) is 24.3 Å². The zero-order valence-electron chi connectivity index (χ0n) is 26.9. The van der Waals surface area contributed by atoms with E-state index < -0.39 is 72.1 Å². The third-order valence-electron chi connectivity index (χ3n) is 8.94. The summed E-state index contributed by atoms with van der Waals surface area (Å²) in [5.41, 5.74) is 8.03. The molecule has 6 rings (SSSR count). The van der Waals surface area contributed by atoms with Gasteiger partial charge in [-0.25, -0.2) is 0 Å². The molecule has 256 valence electrons. The van der Waals surface area contributed by atoms with E-state index in [-0.39, 0.29) is 25.0 Å². The number of rotatable bonds is 8. The minimum Gasteiger partial charge on any atom is -0.508 e. The number of phenols is 1. The van der Waals surface area contributed by atoms with Gasteiger partial charge in [0.05, 0.1) is 6.04 Å². The van der Waals surface area contributed by atoms with E-state index in [0.717, 1.165) is 16.5 Å². The fourth-order valence-electron chi connectivity index (χ4n) is 6.52. The van der Waals surface area contributed by atoms with Crippen LogP contribution < -0.4 is 27.0 Å². The van der Waals surface area contributed by atoms with Gasteiger partial charge in [0.2, 0.25) is 17.7 Å². The minimum atomic E-state index is -1.27. The maximum absolute atomic E-state index is 14.1. The van der Waals surface area contributed by atoms with Crippen molar-refractivity contribution in [2.45, 2.75) is 94.4 Å².